The van der Waals surface area contributed by atoms with Crippen molar-refractivity contribution in [3.63, 3.8) is 0 Å². The molecule has 3 nitrogen and oxygen atoms in total. The van der Waals surface area contributed by atoms with Crippen LogP contribution in [0.25, 0.3) is 0 Å². The number of methoxy groups -OCH3 is 1. The average molecular weight is 215 g/mol. The van der Waals surface area contributed by atoms with Crippen LogP contribution in [0.2, 0.25) is 5.02 Å². The van der Waals surface area contributed by atoms with E-state index in [0.717, 1.165) is 0 Å². The highest BCUT2D eigenvalue weighted by molar-refractivity contribution is 6.34. The van der Waals surface area contributed by atoms with E-state index < -0.39 is 0 Å². The molecule has 0 aliphatic carbocycles. The second-order valence-corrected chi connectivity index (χ2v) is 3.15. The first kappa shape index (κ1) is 11.0. The lowest BCUT2D eigenvalue weighted by molar-refractivity contribution is 0.0957. The Kier molecular flexibility index (Phi) is 3.92. The van der Waals surface area contributed by atoms with Gasteiger partial charge in [-0.1, -0.05) is 11.6 Å². The minimum atomic E-state index is -0.167. The van der Waals surface area contributed by atoms with Gasteiger partial charge in [-0.2, -0.15) is 0 Å². The van der Waals surface area contributed by atoms with Crippen molar-refractivity contribution in [3.05, 3.63) is 28.8 Å². The van der Waals surface area contributed by atoms with Crippen LogP contribution in [-0.4, -0.2) is 24.6 Å². The summed E-state index contributed by atoms with van der Waals surface area (Å²) in [5.41, 5.74) is 0.418. The Morgan fingerprint density at radius 3 is 2.79 bits per heavy atom. The van der Waals surface area contributed by atoms with E-state index in [1.165, 1.54) is 7.11 Å². The Labute approximate surface area is 87.3 Å². The maximum Gasteiger partial charge on any atom is 0.166 e. The number of carbonyl (C=O) groups excluding carboxylic acids is 1. The van der Waals surface area contributed by atoms with Gasteiger partial charge >= 0.3 is 0 Å². The number of carbonyl (C=O) groups is 1. The molecule has 14 heavy (non-hydrogen) atoms. The molecule has 0 unspecified atom stereocenters. The second-order valence-electron chi connectivity index (χ2n) is 2.74. The molecule has 0 spiro atoms. The van der Waals surface area contributed by atoms with Crippen LogP contribution < -0.4 is 4.74 Å². The number of rotatable bonds is 4. The highest BCUT2D eigenvalue weighted by Crippen LogP contribution is 2.23. The average Bonchev–Trinajstić information content (AvgIpc) is 2.17. The van der Waals surface area contributed by atoms with E-state index in [4.69, 9.17) is 21.4 Å². The molecule has 0 radical (unpaired) electrons. The van der Waals surface area contributed by atoms with Gasteiger partial charge < -0.3 is 9.84 Å². The molecular weight excluding hydrogens is 204 g/mol. The monoisotopic (exact) mass is 214 g/mol. The third kappa shape index (κ3) is 2.47. The first-order chi connectivity index (χ1) is 6.69. The summed E-state index contributed by atoms with van der Waals surface area (Å²) in [6.45, 7) is -0.165. The first-order valence-corrected chi connectivity index (χ1v) is 4.54. The summed E-state index contributed by atoms with van der Waals surface area (Å²) in [6.07, 6.45) is 0.0893. The van der Waals surface area contributed by atoms with E-state index in [9.17, 15) is 4.79 Å². The van der Waals surface area contributed by atoms with Gasteiger partial charge in [0.05, 0.1) is 18.7 Å². The molecule has 0 amide bonds. The summed E-state index contributed by atoms with van der Waals surface area (Å²) in [7, 11) is 1.53. The molecule has 0 aliphatic rings. The van der Waals surface area contributed by atoms with Crippen molar-refractivity contribution in [1.82, 2.24) is 0 Å². The number of halogens is 1. The van der Waals surface area contributed by atoms with Gasteiger partial charge in [-0.15, -0.1) is 0 Å². The van der Waals surface area contributed by atoms with Gasteiger partial charge in [0.25, 0.3) is 0 Å². The number of aliphatic hydroxyl groups is 1. The molecule has 0 saturated carbocycles. The van der Waals surface area contributed by atoms with Crippen LogP contribution >= 0.6 is 11.6 Å². The van der Waals surface area contributed by atoms with Crippen molar-refractivity contribution >= 4 is 17.4 Å². The molecule has 0 saturated heterocycles. The number of hydrogen-bond donors (Lipinski definition) is 1. The number of aliphatic hydroxyl groups excluding tert-OH is 1. The standard InChI is InChI=1S/C10H11ClO3/c1-14-7-2-3-8(9(11)6-7)10(13)4-5-12/h2-3,6,12H,4-5H2,1H3. The SMILES string of the molecule is COc1ccc(C(=O)CCO)c(Cl)c1. The molecule has 0 atom stereocenters. The molecule has 0 aliphatic heterocycles. The Hall–Kier alpha value is -1.06. The molecule has 1 N–H and O–H groups in total. The minimum Gasteiger partial charge on any atom is -0.497 e. The number of benzene rings is 1. The molecule has 1 rings (SSSR count). The van der Waals surface area contributed by atoms with Crippen LogP contribution in [0.4, 0.5) is 0 Å². The smallest absolute Gasteiger partial charge is 0.166 e. The zero-order valence-electron chi connectivity index (χ0n) is 7.79. The number of ketones is 1. The highest BCUT2D eigenvalue weighted by atomic mass is 35.5. The Bertz CT molecular complexity index is 336. The fourth-order valence-corrected chi connectivity index (χ4v) is 1.36. The van der Waals surface area contributed by atoms with Gasteiger partial charge in [-0.3, -0.25) is 4.79 Å². The Balaban J connectivity index is 2.94. The molecule has 1 aromatic carbocycles. The largest absolute Gasteiger partial charge is 0.497 e. The summed E-state index contributed by atoms with van der Waals surface area (Å²) in [5.74, 6) is 0.440. The topological polar surface area (TPSA) is 46.5 Å². The fraction of sp³-hybridized carbons (Fsp3) is 0.300. The zero-order valence-corrected chi connectivity index (χ0v) is 8.54. The molecule has 0 fully saturated rings. The van der Waals surface area contributed by atoms with E-state index in [1.54, 1.807) is 18.2 Å². The summed E-state index contributed by atoms with van der Waals surface area (Å²) >= 11 is 5.86. The third-order valence-corrected chi connectivity index (χ3v) is 2.13. The number of hydrogen-bond acceptors (Lipinski definition) is 3. The second kappa shape index (κ2) is 4.98. The minimum absolute atomic E-state index is 0.0893. The van der Waals surface area contributed by atoms with Crippen LogP contribution in [0.3, 0.4) is 0 Å². The predicted molar refractivity (Wildman–Crippen MR) is 54.0 cm³/mol. The van der Waals surface area contributed by atoms with Gasteiger partial charge in [-0.05, 0) is 18.2 Å². The molecule has 1 aromatic rings. The fourth-order valence-electron chi connectivity index (χ4n) is 1.09. The lowest BCUT2D eigenvalue weighted by Gasteiger charge is -2.04. The summed E-state index contributed by atoms with van der Waals surface area (Å²) in [5, 5.41) is 8.95. The van der Waals surface area contributed by atoms with Crippen LogP contribution in [0.5, 0.6) is 5.75 Å². The van der Waals surface area contributed by atoms with Gasteiger partial charge in [0.2, 0.25) is 0 Å². The van der Waals surface area contributed by atoms with E-state index >= 15 is 0 Å². The van der Waals surface area contributed by atoms with Crippen LogP contribution in [0.15, 0.2) is 18.2 Å². The van der Waals surface area contributed by atoms with Crippen LogP contribution in [0.1, 0.15) is 16.8 Å². The lowest BCUT2D eigenvalue weighted by atomic mass is 10.1. The number of ether oxygens (including phenoxy) is 1. The summed E-state index contributed by atoms with van der Waals surface area (Å²) < 4.78 is 4.94. The van der Waals surface area contributed by atoms with Crippen molar-refractivity contribution < 1.29 is 14.6 Å². The quantitative estimate of drug-likeness (QED) is 0.779. The summed E-state index contributed by atoms with van der Waals surface area (Å²) in [4.78, 5) is 11.4. The van der Waals surface area contributed by atoms with Crippen molar-refractivity contribution in [2.24, 2.45) is 0 Å². The maximum absolute atomic E-state index is 11.4. The van der Waals surface area contributed by atoms with E-state index in [-0.39, 0.29) is 18.8 Å². The van der Waals surface area contributed by atoms with Crippen LogP contribution in [0, 0.1) is 0 Å². The van der Waals surface area contributed by atoms with Gasteiger partial charge in [0, 0.05) is 12.0 Å². The molecule has 4 heteroatoms. The molecule has 0 bridgehead atoms. The van der Waals surface area contributed by atoms with Gasteiger partial charge in [-0.25, -0.2) is 0 Å². The lowest BCUT2D eigenvalue weighted by Crippen LogP contribution is -2.02. The zero-order chi connectivity index (χ0) is 10.6. The third-order valence-electron chi connectivity index (χ3n) is 1.82. The Morgan fingerprint density at radius 1 is 1.57 bits per heavy atom. The molecule has 0 heterocycles. The van der Waals surface area contributed by atoms with Crippen molar-refractivity contribution in [1.29, 1.82) is 0 Å². The van der Waals surface area contributed by atoms with Gasteiger partial charge in [0.1, 0.15) is 5.75 Å². The first-order valence-electron chi connectivity index (χ1n) is 4.16. The predicted octanol–water partition coefficient (Wildman–Crippen LogP) is 1.91. The molecule has 76 valence electrons. The maximum atomic E-state index is 11.4. The van der Waals surface area contributed by atoms with Crippen LogP contribution in [-0.2, 0) is 0 Å². The van der Waals surface area contributed by atoms with Crippen molar-refractivity contribution in [2.75, 3.05) is 13.7 Å². The molecule has 0 aromatic heterocycles. The Morgan fingerprint density at radius 2 is 2.29 bits per heavy atom. The van der Waals surface area contributed by atoms with Crippen molar-refractivity contribution in [2.45, 2.75) is 6.42 Å². The molecular formula is C10H11ClO3. The normalized spacial score (nSPS) is 9.93. The van der Waals surface area contributed by atoms with Gasteiger partial charge in [0.15, 0.2) is 5.78 Å². The van der Waals surface area contributed by atoms with E-state index in [1.807, 2.05) is 0 Å². The van der Waals surface area contributed by atoms with E-state index in [2.05, 4.69) is 0 Å². The summed E-state index contributed by atoms with van der Waals surface area (Å²) in [6, 6.07) is 4.84. The van der Waals surface area contributed by atoms with E-state index in [0.29, 0.717) is 16.3 Å². The number of Topliss-reactive ketones (excluding diaryl/α,β-unsaturated/α-hetero) is 1. The van der Waals surface area contributed by atoms with Crippen molar-refractivity contribution in [3.8, 4) is 5.75 Å². The highest BCUT2D eigenvalue weighted by Gasteiger charge is 2.10.